The van der Waals surface area contributed by atoms with E-state index in [9.17, 15) is 4.79 Å². The van der Waals surface area contributed by atoms with Crippen molar-refractivity contribution in [2.45, 2.75) is 6.92 Å². The average Bonchev–Trinajstić information content (AvgIpc) is 2.09. The topological polar surface area (TPSA) is 17.1 Å². The van der Waals surface area contributed by atoms with Gasteiger partial charge in [-0.05, 0) is 25.3 Å². The highest BCUT2D eigenvalue weighted by atomic mass is 79.9. The molecule has 0 radical (unpaired) electrons. The van der Waals surface area contributed by atoms with E-state index in [1.165, 1.54) is 0 Å². The van der Waals surface area contributed by atoms with Gasteiger partial charge in [-0.1, -0.05) is 27.6 Å². The molecule has 1 nitrogen and oxygen atoms in total. The smallest absolute Gasteiger partial charge is 0.173 e. The summed E-state index contributed by atoms with van der Waals surface area (Å²) in [4.78, 5) is 11.6. The molecule has 0 fully saturated rings. The van der Waals surface area contributed by atoms with Crippen molar-refractivity contribution in [2.75, 3.05) is 12.0 Å². The lowest BCUT2D eigenvalue weighted by molar-refractivity contribution is 0.102. The maximum Gasteiger partial charge on any atom is 0.173 e. The van der Waals surface area contributed by atoms with Crippen LogP contribution in [0.25, 0.3) is 0 Å². The van der Waals surface area contributed by atoms with Crippen molar-refractivity contribution in [1.29, 1.82) is 0 Å². The van der Waals surface area contributed by atoms with Crippen LogP contribution in [0.5, 0.6) is 0 Å². The van der Waals surface area contributed by atoms with Gasteiger partial charge < -0.3 is 0 Å². The molecule has 3 heteroatoms. The molecule has 0 saturated heterocycles. The van der Waals surface area contributed by atoms with Crippen LogP contribution in [0.3, 0.4) is 0 Å². The molecular formula is C10H11BrOS. The molecule has 70 valence electrons. The van der Waals surface area contributed by atoms with Gasteiger partial charge in [-0.25, -0.2) is 0 Å². The van der Waals surface area contributed by atoms with E-state index >= 15 is 0 Å². The summed E-state index contributed by atoms with van der Waals surface area (Å²) < 4.78 is 0.886. The SMILES string of the molecule is CSCC(=O)c1cc(C)ccc1Br. The van der Waals surface area contributed by atoms with E-state index in [0.29, 0.717) is 5.75 Å². The zero-order chi connectivity index (χ0) is 9.84. The number of carbonyl (C=O) groups is 1. The van der Waals surface area contributed by atoms with Crippen molar-refractivity contribution in [3.05, 3.63) is 33.8 Å². The molecule has 0 heterocycles. The van der Waals surface area contributed by atoms with Gasteiger partial charge >= 0.3 is 0 Å². The van der Waals surface area contributed by atoms with Gasteiger partial charge in [-0.3, -0.25) is 4.79 Å². The van der Waals surface area contributed by atoms with Crippen molar-refractivity contribution in [3.63, 3.8) is 0 Å². The van der Waals surface area contributed by atoms with Gasteiger partial charge in [0.2, 0.25) is 0 Å². The fourth-order valence-electron chi connectivity index (χ4n) is 1.06. The van der Waals surface area contributed by atoms with Crippen LogP contribution in [0.15, 0.2) is 22.7 Å². The van der Waals surface area contributed by atoms with Crippen LogP contribution < -0.4 is 0 Å². The molecule has 0 bridgehead atoms. The number of Topliss-reactive ketones (excluding diaryl/α,β-unsaturated/α-hetero) is 1. The van der Waals surface area contributed by atoms with Gasteiger partial charge in [0.1, 0.15) is 0 Å². The maximum absolute atomic E-state index is 11.6. The molecule has 1 rings (SSSR count). The van der Waals surface area contributed by atoms with Crippen LogP contribution in [0.2, 0.25) is 0 Å². The van der Waals surface area contributed by atoms with Crippen LogP contribution in [-0.2, 0) is 0 Å². The average molecular weight is 259 g/mol. The predicted molar refractivity (Wildman–Crippen MR) is 61.6 cm³/mol. The van der Waals surface area contributed by atoms with E-state index in [1.807, 2.05) is 31.4 Å². The third-order valence-corrected chi connectivity index (χ3v) is 2.94. The Kier molecular flexibility index (Phi) is 4.00. The molecule has 0 spiro atoms. The quantitative estimate of drug-likeness (QED) is 0.775. The predicted octanol–water partition coefficient (Wildman–Crippen LogP) is 3.30. The first-order valence-electron chi connectivity index (χ1n) is 3.93. The Morgan fingerprint density at radius 1 is 1.54 bits per heavy atom. The summed E-state index contributed by atoms with van der Waals surface area (Å²) >= 11 is 4.92. The zero-order valence-corrected chi connectivity index (χ0v) is 10.0. The highest BCUT2D eigenvalue weighted by Crippen LogP contribution is 2.19. The van der Waals surface area contributed by atoms with E-state index in [-0.39, 0.29) is 5.78 Å². The standard InChI is InChI=1S/C10H11BrOS/c1-7-3-4-9(11)8(5-7)10(12)6-13-2/h3-5H,6H2,1-2H3. The molecule has 0 aliphatic carbocycles. The number of thioether (sulfide) groups is 1. The first kappa shape index (κ1) is 10.8. The van der Waals surface area contributed by atoms with Crippen molar-refractivity contribution in [3.8, 4) is 0 Å². The van der Waals surface area contributed by atoms with Gasteiger partial charge in [0, 0.05) is 10.0 Å². The lowest BCUT2D eigenvalue weighted by atomic mass is 10.1. The first-order valence-corrected chi connectivity index (χ1v) is 6.12. The van der Waals surface area contributed by atoms with Crippen molar-refractivity contribution < 1.29 is 4.79 Å². The molecule has 0 unspecified atom stereocenters. The normalized spacial score (nSPS) is 10.1. The van der Waals surface area contributed by atoms with E-state index in [4.69, 9.17) is 0 Å². The Hall–Kier alpha value is -0.280. The van der Waals surface area contributed by atoms with Crippen molar-refractivity contribution in [2.24, 2.45) is 0 Å². The van der Waals surface area contributed by atoms with Gasteiger partial charge in [0.15, 0.2) is 5.78 Å². The van der Waals surface area contributed by atoms with Gasteiger partial charge in [-0.2, -0.15) is 11.8 Å². The zero-order valence-electron chi connectivity index (χ0n) is 7.63. The largest absolute Gasteiger partial charge is 0.293 e. The Balaban J connectivity index is 2.99. The van der Waals surface area contributed by atoms with Crippen LogP contribution in [0.4, 0.5) is 0 Å². The Labute approximate surface area is 91.0 Å². The Bertz CT molecular complexity index is 323. The second kappa shape index (κ2) is 4.82. The van der Waals surface area contributed by atoms with Gasteiger partial charge in [0.25, 0.3) is 0 Å². The number of hydrogen-bond donors (Lipinski definition) is 0. The number of aryl methyl sites for hydroxylation is 1. The fourth-order valence-corrected chi connectivity index (χ4v) is 1.95. The molecule has 0 aromatic heterocycles. The summed E-state index contributed by atoms with van der Waals surface area (Å²) in [6.07, 6.45) is 1.93. The van der Waals surface area contributed by atoms with Crippen LogP contribution in [0.1, 0.15) is 15.9 Å². The number of halogens is 1. The number of carbonyl (C=O) groups excluding carboxylic acids is 1. The Morgan fingerprint density at radius 2 is 2.23 bits per heavy atom. The summed E-state index contributed by atoms with van der Waals surface area (Å²) in [6.45, 7) is 1.99. The highest BCUT2D eigenvalue weighted by Gasteiger charge is 2.08. The number of hydrogen-bond acceptors (Lipinski definition) is 2. The van der Waals surface area contributed by atoms with E-state index in [0.717, 1.165) is 15.6 Å². The number of rotatable bonds is 3. The Morgan fingerprint density at radius 3 is 2.85 bits per heavy atom. The van der Waals surface area contributed by atoms with Crippen LogP contribution in [0, 0.1) is 6.92 Å². The number of ketones is 1. The molecule has 0 amide bonds. The van der Waals surface area contributed by atoms with Crippen molar-refractivity contribution in [1.82, 2.24) is 0 Å². The molecule has 1 aromatic rings. The van der Waals surface area contributed by atoms with Crippen LogP contribution >= 0.6 is 27.7 Å². The van der Waals surface area contributed by atoms with Gasteiger partial charge in [0.05, 0.1) is 5.75 Å². The third kappa shape index (κ3) is 2.85. The van der Waals surface area contributed by atoms with Crippen molar-refractivity contribution >= 4 is 33.5 Å². The molecule has 0 N–H and O–H groups in total. The lowest BCUT2D eigenvalue weighted by Gasteiger charge is -2.03. The molecule has 13 heavy (non-hydrogen) atoms. The summed E-state index contributed by atoms with van der Waals surface area (Å²) in [5.41, 5.74) is 1.90. The van der Waals surface area contributed by atoms with E-state index in [1.54, 1.807) is 11.8 Å². The molecule has 0 atom stereocenters. The van der Waals surface area contributed by atoms with E-state index < -0.39 is 0 Å². The third-order valence-electron chi connectivity index (χ3n) is 1.70. The monoisotopic (exact) mass is 258 g/mol. The van der Waals surface area contributed by atoms with E-state index in [2.05, 4.69) is 15.9 Å². The summed E-state index contributed by atoms with van der Waals surface area (Å²) in [5, 5.41) is 0. The minimum atomic E-state index is 0.183. The molecule has 0 saturated carbocycles. The highest BCUT2D eigenvalue weighted by molar-refractivity contribution is 9.10. The minimum Gasteiger partial charge on any atom is -0.293 e. The second-order valence-corrected chi connectivity index (χ2v) is 4.56. The summed E-state index contributed by atoms with van der Waals surface area (Å²) in [5.74, 6) is 0.727. The minimum absolute atomic E-state index is 0.183. The lowest BCUT2D eigenvalue weighted by Crippen LogP contribution is -2.03. The molecule has 1 aromatic carbocycles. The fraction of sp³-hybridized carbons (Fsp3) is 0.300. The molecule has 0 aliphatic rings. The van der Waals surface area contributed by atoms with Crippen LogP contribution in [-0.4, -0.2) is 17.8 Å². The second-order valence-electron chi connectivity index (χ2n) is 2.84. The molecule has 0 aliphatic heterocycles. The number of benzene rings is 1. The summed E-state index contributed by atoms with van der Waals surface area (Å²) in [7, 11) is 0. The first-order chi connectivity index (χ1) is 6.15. The maximum atomic E-state index is 11.6. The molecular weight excluding hydrogens is 248 g/mol. The van der Waals surface area contributed by atoms with Gasteiger partial charge in [-0.15, -0.1) is 0 Å². The summed E-state index contributed by atoms with van der Waals surface area (Å²) in [6, 6.07) is 5.82.